The molecule has 8 heteroatoms. The van der Waals surface area contributed by atoms with Crippen molar-refractivity contribution in [3.63, 3.8) is 0 Å². The zero-order valence-electron chi connectivity index (χ0n) is 19.1. The summed E-state index contributed by atoms with van der Waals surface area (Å²) in [6.45, 7) is 2.93. The molecule has 0 saturated heterocycles. The molecule has 0 spiro atoms. The maximum Gasteiger partial charge on any atom is 1.00 e. The number of ether oxygens (including phenoxy) is 1. The molecule has 0 bridgehead atoms. The van der Waals surface area contributed by atoms with Gasteiger partial charge in [-0.15, -0.1) is 11.3 Å². The number of hydrogen-bond donors (Lipinski definition) is 1. The zero-order valence-corrected chi connectivity index (χ0v) is 20.8. The van der Waals surface area contributed by atoms with Crippen LogP contribution < -0.4 is 29.3 Å². The van der Waals surface area contributed by atoms with Gasteiger partial charge < -0.3 is 20.0 Å². The molecular formula is C25H26LiNO4S2. The van der Waals surface area contributed by atoms with Crippen molar-refractivity contribution in [2.45, 2.75) is 32.6 Å². The molecule has 2 aromatic carbocycles. The zero-order chi connectivity index (χ0) is 22.9. The van der Waals surface area contributed by atoms with Crippen molar-refractivity contribution in [1.29, 1.82) is 0 Å². The molecule has 0 saturated carbocycles. The number of benzene rings is 2. The molecule has 0 unspecified atom stereocenters. The fourth-order valence-corrected chi connectivity index (χ4v) is 4.47. The Morgan fingerprint density at radius 2 is 1.88 bits per heavy atom. The normalized spacial score (nSPS) is 11.5. The van der Waals surface area contributed by atoms with E-state index in [2.05, 4.69) is 5.32 Å². The number of carboxylic acid groups (broad SMARTS) is 1. The number of rotatable bonds is 11. The van der Waals surface area contributed by atoms with E-state index in [-0.39, 0.29) is 18.9 Å². The molecule has 168 valence electrons. The number of thioether (sulfide) groups is 1. The van der Waals surface area contributed by atoms with Gasteiger partial charge in [0.25, 0.3) is 5.91 Å². The molecule has 0 aliphatic rings. The second-order valence-corrected chi connectivity index (χ2v) is 9.41. The fraction of sp³-hybridized carbons (Fsp3) is 0.280. The number of thiophene rings is 1. The first kappa shape index (κ1) is 27.2. The van der Waals surface area contributed by atoms with E-state index in [1.807, 2.05) is 67.1 Å². The molecule has 33 heavy (non-hydrogen) atoms. The fourth-order valence-electron chi connectivity index (χ4n) is 3.36. The Hall–Kier alpha value is -2.01. The van der Waals surface area contributed by atoms with Gasteiger partial charge in [-0.05, 0) is 71.2 Å². The number of carboxylic acids is 1. The number of nitrogens with one attached hydrogen (secondary N) is 1. The largest absolute Gasteiger partial charge is 1.00 e. The van der Waals surface area contributed by atoms with Gasteiger partial charge >= 0.3 is 18.9 Å². The van der Waals surface area contributed by atoms with Crippen LogP contribution in [0.2, 0.25) is 0 Å². The predicted molar refractivity (Wildman–Crippen MR) is 129 cm³/mol. The summed E-state index contributed by atoms with van der Waals surface area (Å²) >= 11 is 3.17. The molecule has 1 aromatic heterocycles. The van der Waals surface area contributed by atoms with Crippen molar-refractivity contribution in [1.82, 2.24) is 5.32 Å². The predicted octanol–water partition coefficient (Wildman–Crippen LogP) is 1.05. The van der Waals surface area contributed by atoms with E-state index in [1.165, 1.54) is 11.8 Å². The summed E-state index contributed by atoms with van der Waals surface area (Å²) in [4.78, 5) is 25.7. The van der Waals surface area contributed by atoms with E-state index < -0.39 is 17.9 Å². The van der Waals surface area contributed by atoms with Crippen molar-refractivity contribution in [2.24, 2.45) is 0 Å². The molecule has 0 radical (unpaired) electrons. The summed E-state index contributed by atoms with van der Waals surface area (Å²) in [5.74, 6) is -1.09. The molecule has 5 nitrogen and oxygen atoms in total. The van der Waals surface area contributed by atoms with Crippen molar-refractivity contribution in [3.8, 4) is 11.1 Å². The topological polar surface area (TPSA) is 78.5 Å². The van der Waals surface area contributed by atoms with Gasteiger partial charge in [0, 0.05) is 10.4 Å². The van der Waals surface area contributed by atoms with Crippen molar-refractivity contribution >= 4 is 35.0 Å². The van der Waals surface area contributed by atoms with Crippen LogP contribution in [0.15, 0.2) is 60.0 Å². The summed E-state index contributed by atoms with van der Waals surface area (Å²) in [6, 6.07) is 16.3. The molecule has 0 aliphatic carbocycles. The average Bonchev–Trinajstić information content (AvgIpc) is 3.30. The van der Waals surface area contributed by atoms with Crippen LogP contribution in [0.3, 0.4) is 0 Å². The van der Waals surface area contributed by atoms with E-state index in [4.69, 9.17) is 4.74 Å². The van der Waals surface area contributed by atoms with Crippen molar-refractivity contribution < 1.29 is 38.3 Å². The number of carbonyl (C=O) groups excluding carboxylic acids is 2. The molecule has 0 aliphatic heterocycles. The number of aryl methyl sites for hydroxylation is 1. The smallest absolute Gasteiger partial charge is 0.548 e. The number of amides is 1. The summed E-state index contributed by atoms with van der Waals surface area (Å²) in [7, 11) is 0. The van der Waals surface area contributed by atoms with Gasteiger partial charge in [0.05, 0.1) is 25.2 Å². The second kappa shape index (κ2) is 13.6. The van der Waals surface area contributed by atoms with Gasteiger partial charge in [-0.1, -0.05) is 36.4 Å². The molecule has 0 fully saturated rings. The first-order valence-corrected chi connectivity index (χ1v) is 12.6. The molecule has 3 aromatic rings. The van der Waals surface area contributed by atoms with Crippen molar-refractivity contribution in [2.75, 3.05) is 12.0 Å². The van der Waals surface area contributed by atoms with E-state index >= 15 is 0 Å². The first-order valence-electron chi connectivity index (χ1n) is 10.3. The quantitative estimate of drug-likeness (QED) is 0.420. The molecule has 1 N–H and O–H groups in total. The maximum atomic E-state index is 13.1. The first-order chi connectivity index (χ1) is 15.5. The third-order valence-corrected chi connectivity index (χ3v) is 6.55. The maximum absolute atomic E-state index is 13.1. The minimum Gasteiger partial charge on any atom is -0.548 e. The SMILES string of the molecule is CSCC[C@H](NC(=O)c1ccc(COCc2cccs2)cc1-c1ccccc1C)C(=O)[O-].[Li+]. The van der Waals surface area contributed by atoms with Gasteiger partial charge in [0.1, 0.15) is 0 Å². The number of aliphatic carboxylic acids is 1. The van der Waals surface area contributed by atoms with Gasteiger partial charge in [0.15, 0.2) is 0 Å². The summed E-state index contributed by atoms with van der Waals surface area (Å²) < 4.78 is 5.85. The van der Waals surface area contributed by atoms with E-state index in [0.29, 0.717) is 31.0 Å². The second-order valence-electron chi connectivity index (χ2n) is 7.39. The third-order valence-electron chi connectivity index (χ3n) is 5.06. The Kier molecular flexibility index (Phi) is 11.3. The minimum absolute atomic E-state index is 0. The van der Waals surface area contributed by atoms with Gasteiger partial charge in [-0.25, -0.2) is 0 Å². The average molecular weight is 476 g/mol. The Morgan fingerprint density at radius 3 is 2.55 bits per heavy atom. The van der Waals surface area contributed by atoms with Crippen molar-refractivity contribution in [3.05, 3.63) is 81.5 Å². The van der Waals surface area contributed by atoms with Crippen LogP contribution in [0.1, 0.15) is 32.8 Å². The van der Waals surface area contributed by atoms with E-state index in [9.17, 15) is 14.7 Å². The monoisotopic (exact) mass is 475 g/mol. The Morgan fingerprint density at radius 1 is 1.09 bits per heavy atom. The van der Waals surface area contributed by atoms with Gasteiger partial charge in [-0.3, -0.25) is 4.79 Å². The van der Waals surface area contributed by atoms with Crippen LogP contribution in [0.25, 0.3) is 11.1 Å². The standard InChI is InChI=1S/C25H27NO4S2.Li/c1-17-6-3-4-8-20(17)22-14-18(15-30-16-19-7-5-12-32-19)9-10-21(22)24(27)26-23(25(28)29)11-13-31-2;/h3-10,12,14,23H,11,13,15-16H2,1-2H3,(H,26,27)(H,28,29);/q;+1/p-1/t23-;/m0./s1. The number of carbonyl (C=O) groups is 2. The van der Waals surface area contributed by atoms with Gasteiger partial charge in [0.2, 0.25) is 0 Å². The molecular weight excluding hydrogens is 449 g/mol. The van der Waals surface area contributed by atoms with Crippen LogP contribution in [0.4, 0.5) is 0 Å². The van der Waals surface area contributed by atoms with Crippen LogP contribution in [-0.2, 0) is 22.7 Å². The summed E-state index contributed by atoms with van der Waals surface area (Å²) in [5.41, 5.74) is 4.07. The van der Waals surface area contributed by atoms with Crippen LogP contribution in [0.5, 0.6) is 0 Å². The molecule has 1 amide bonds. The summed E-state index contributed by atoms with van der Waals surface area (Å²) in [5, 5.41) is 16.1. The third kappa shape index (κ3) is 7.77. The van der Waals surface area contributed by atoms with Crippen LogP contribution in [0, 0.1) is 6.92 Å². The van der Waals surface area contributed by atoms with E-state index in [0.717, 1.165) is 27.1 Å². The Balaban J connectivity index is 0.00000385. The summed E-state index contributed by atoms with van der Waals surface area (Å²) in [6.07, 6.45) is 2.20. The van der Waals surface area contributed by atoms with Crippen LogP contribution in [-0.4, -0.2) is 29.9 Å². The number of hydrogen-bond acceptors (Lipinski definition) is 6. The van der Waals surface area contributed by atoms with Gasteiger partial charge in [-0.2, -0.15) is 11.8 Å². The Bertz CT molecular complexity index is 1060. The molecule has 3 rings (SSSR count). The Labute approximate surface area is 215 Å². The molecule has 1 heterocycles. The molecule has 1 atom stereocenters. The van der Waals surface area contributed by atoms with Crippen LogP contribution >= 0.6 is 23.1 Å². The van der Waals surface area contributed by atoms with E-state index in [1.54, 1.807) is 17.4 Å². The minimum atomic E-state index is -1.27.